The number of hydrogen-bond acceptors (Lipinski definition) is 6. The van der Waals surface area contributed by atoms with Crippen molar-refractivity contribution in [1.82, 2.24) is 0 Å². The van der Waals surface area contributed by atoms with Gasteiger partial charge in [0.2, 0.25) is 0 Å². The molecule has 0 radical (unpaired) electrons. The molecule has 0 bridgehead atoms. The Morgan fingerprint density at radius 2 is 1.53 bits per heavy atom. The molecule has 1 amide bonds. The van der Waals surface area contributed by atoms with Crippen molar-refractivity contribution < 1.29 is 27.5 Å². The van der Waals surface area contributed by atoms with Crippen molar-refractivity contribution in [3.8, 4) is 5.75 Å². The average molecular weight is 455 g/mol. The van der Waals surface area contributed by atoms with Gasteiger partial charge in [0.1, 0.15) is 5.75 Å². The number of hydrogen-bond donors (Lipinski definition) is 1. The number of nitrogens with zero attached hydrogens (tertiary/aromatic N) is 1. The first-order valence-electron chi connectivity index (χ1n) is 9.49. The Balaban J connectivity index is 1.83. The lowest BCUT2D eigenvalue weighted by molar-refractivity contribution is 0.0600. The van der Waals surface area contributed by atoms with Crippen LogP contribution in [0.4, 0.5) is 11.4 Å². The second-order valence-electron chi connectivity index (χ2n) is 6.72. The smallest absolute Gasteiger partial charge is 0.337 e. The van der Waals surface area contributed by atoms with Crippen LogP contribution < -0.4 is 14.4 Å². The molecule has 8 nitrogen and oxygen atoms in total. The maximum Gasteiger partial charge on any atom is 0.337 e. The van der Waals surface area contributed by atoms with E-state index in [1.807, 2.05) is 0 Å². The summed E-state index contributed by atoms with van der Waals surface area (Å²) < 4.78 is 37.1. The number of carbonyl (C=O) groups is 2. The van der Waals surface area contributed by atoms with Gasteiger partial charge in [-0.05, 0) is 60.7 Å². The van der Waals surface area contributed by atoms with Gasteiger partial charge in [-0.3, -0.25) is 9.10 Å². The van der Waals surface area contributed by atoms with Crippen molar-refractivity contribution in [3.63, 3.8) is 0 Å². The molecule has 32 heavy (non-hydrogen) atoms. The molecule has 0 aromatic heterocycles. The summed E-state index contributed by atoms with van der Waals surface area (Å²) in [6.45, 7) is 0. The van der Waals surface area contributed by atoms with Crippen molar-refractivity contribution in [2.24, 2.45) is 0 Å². The molecule has 0 aliphatic heterocycles. The number of rotatable bonds is 7. The largest absolute Gasteiger partial charge is 0.497 e. The van der Waals surface area contributed by atoms with Gasteiger partial charge < -0.3 is 14.8 Å². The maximum absolute atomic E-state index is 13.1. The van der Waals surface area contributed by atoms with Crippen LogP contribution in [0.25, 0.3) is 0 Å². The summed E-state index contributed by atoms with van der Waals surface area (Å²) in [5.74, 6) is -0.443. The van der Waals surface area contributed by atoms with Crippen molar-refractivity contribution in [1.29, 1.82) is 0 Å². The van der Waals surface area contributed by atoms with E-state index in [1.165, 1.54) is 51.6 Å². The molecule has 0 heterocycles. The third-order valence-corrected chi connectivity index (χ3v) is 6.51. The molecule has 0 spiro atoms. The number of esters is 1. The molecule has 0 aliphatic carbocycles. The molecular formula is C23H22N2O6S. The third-order valence-electron chi connectivity index (χ3n) is 4.73. The minimum Gasteiger partial charge on any atom is -0.497 e. The Morgan fingerprint density at radius 1 is 0.875 bits per heavy atom. The fourth-order valence-electron chi connectivity index (χ4n) is 2.93. The van der Waals surface area contributed by atoms with Gasteiger partial charge in [0.15, 0.2) is 0 Å². The fraction of sp³-hybridized carbons (Fsp3) is 0.130. The summed E-state index contributed by atoms with van der Waals surface area (Å²) in [4.78, 5) is 24.3. The van der Waals surface area contributed by atoms with E-state index in [0.717, 1.165) is 4.31 Å². The highest BCUT2D eigenvalue weighted by Crippen LogP contribution is 2.25. The zero-order chi connectivity index (χ0) is 23.3. The molecule has 3 rings (SSSR count). The Labute approximate surface area is 186 Å². The van der Waals surface area contributed by atoms with Crippen molar-refractivity contribution in [2.45, 2.75) is 4.90 Å². The topological polar surface area (TPSA) is 102 Å². The minimum atomic E-state index is -3.91. The van der Waals surface area contributed by atoms with Crippen LogP contribution in [0.3, 0.4) is 0 Å². The molecule has 0 saturated carbocycles. The van der Waals surface area contributed by atoms with E-state index in [9.17, 15) is 18.0 Å². The molecule has 0 saturated heterocycles. The summed E-state index contributed by atoms with van der Waals surface area (Å²) in [6.07, 6.45) is 0. The van der Waals surface area contributed by atoms with Crippen LogP contribution in [0.2, 0.25) is 0 Å². The zero-order valence-corrected chi connectivity index (χ0v) is 18.5. The highest BCUT2D eigenvalue weighted by atomic mass is 32.2. The summed E-state index contributed by atoms with van der Waals surface area (Å²) in [5, 5.41) is 2.66. The second kappa shape index (κ2) is 9.52. The van der Waals surface area contributed by atoms with Gasteiger partial charge in [0.05, 0.1) is 30.4 Å². The number of nitrogens with one attached hydrogen (secondary N) is 1. The van der Waals surface area contributed by atoms with Crippen LogP contribution in [0, 0.1) is 0 Å². The molecular weight excluding hydrogens is 432 g/mol. The van der Waals surface area contributed by atoms with Gasteiger partial charge in [-0.15, -0.1) is 0 Å². The summed E-state index contributed by atoms with van der Waals surface area (Å²) >= 11 is 0. The number of amides is 1. The lowest BCUT2D eigenvalue weighted by Crippen LogP contribution is -2.26. The second-order valence-corrected chi connectivity index (χ2v) is 8.69. The molecule has 1 N–H and O–H groups in total. The van der Waals surface area contributed by atoms with Crippen LogP contribution >= 0.6 is 0 Å². The molecule has 3 aromatic carbocycles. The standard InChI is InChI=1S/C23H22N2O6S/c1-25(19-10-12-20(30-2)13-11-19)32(28,29)21-9-5-6-16(15-21)22(26)24-18-8-4-7-17(14-18)23(27)31-3/h4-15H,1-3H3,(H,24,26). The van der Waals surface area contributed by atoms with E-state index < -0.39 is 21.9 Å². The number of ether oxygens (including phenoxy) is 2. The van der Waals surface area contributed by atoms with Gasteiger partial charge in [-0.1, -0.05) is 12.1 Å². The first-order chi connectivity index (χ1) is 15.3. The van der Waals surface area contributed by atoms with Gasteiger partial charge >= 0.3 is 5.97 Å². The van der Waals surface area contributed by atoms with Crippen molar-refractivity contribution >= 4 is 33.3 Å². The maximum atomic E-state index is 13.1. The molecule has 0 aliphatic rings. The molecule has 0 unspecified atom stereocenters. The van der Waals surface area contributed by atoms with Crippen molar-refractivity contribution in [3.05, 3.63) is 83.9 Å². The Hall–Kier alpha value is -3.85. The van der Waals surface area contributed by atoms with Gasteiger partial charge in [0.25, 0.3) is 15.9 Å². The van der Waals surface area contributed by atoms with E-state index in [1.54, 1.807) is 42.5 Å². The summed E-state index contributed by atoms with van der Waals surface area (Å²) in [6, 6.07) is 18.5. The summed E-state index contributed by atoms with van der Waals surface area (Å²) in [7, 11) is 0.314. The number of methoxy groups -OCH3 is 2. The average Bonchev–Trinajstić information content (AvgIpc) is 2.83. The fourth-order valence-corrected chi connectivity index (χ4v) is 4.17. The van der Waals surface area contributed by atoms with Gasteiger partial charge in [0, 0.05) is 18.3 Å². The van der Waals surface area contributed by atoms with Crippen molar-refractivity contribution in [2.75, 3.05) is 30.9 Å². The van der Waals surface area contributed by atoms with Gasteiger partial charge in [-0.2, -0.15) is 0 Å². The molecule has 3 aromatic rings. The Morgan fingerprint density at radius 3 is 2.19 bits per heavy atom. The zero-order valence-electron chi connectivity index (χ0n) is 17.7. The first kappa shape index (κ1) is 22.8. The Bertz CT molecular complexity index is 1240. The summed E-state index contributed by atoms with van der Waals surface area (Å²) in [5.41, 5.74) is 1.25. The third kappa shape index (κ3) is 4.89. The van der Waals surface area contributed by atoms with E-state index in [4.69, 9.17) is 4.74 Å². The van der Waals surface area contributed by atoms with Crippen LogP contribution in [0.1, 0.15) is 20.7 Å². The normalized spacial score (nSPS) is 10.8. The molecule has 9 heteroatoms. The molecule has 166 valence electrons. The van der Waals surface area contributed by atoms with E-state index in [-0.39, 0.29) is 16.0 Å². The minimum absolute atomic E-state index is 0.0354. The number of benzene rings is 3. The first-order valence-corrected chi connectivity index (χ1v) is 10.9. The van der Waals surface area contributed by atoms with E-state index >= 15 is 0 Å². The van der Waals surface area contributed by atoms with Gasteiger partial charge in [-0.25, -0.2) is 13.2 Å². The number of sulfonamides is 1. The van der Waals surface area contributed by atoms with E-state index in [0.29, 0.717) is 17.1 Å². The Kier molecular flexibility index (Phi) is 6.79. The van der Waals surface area contributed by atoms with E-state index in [2.05, 4.69) is 10.1 Å². The van der Waals surface area contributed by atoms with Crippen LogP contribution in [0.15, 0.2) is 77.7 Å². The lowest BCUT2D eigenvalue weighted by Gasteiger charge is -2.20. The predicted octanol–water partition coefficient (Wildman–Crippen LogP) is 3.56. The quantitative estimate of drug-likeness (QED) is 0.548. The molecule has 0 fully saturated rings. The van der Waals surface area contributed by atoms with Crippen LogP contribution in [0.5, 0.6) is 5.75 Å². The predicted molar refractivity (Wildman–Crippen MR) is 121 cm³/mol. The monoisotopic (exact) mass is 454 g/mol. The highest BCUT2D eigenvalue weighted by Gasteiger charge is 2.22. The SMILES string of the molecule is COC(=O)c1cccc(NC(=O)c2cccc(S(=O)(=O)N(C)c3ccc(OC)cc3)c2)c1. The van der Waals surface area contributed by atoms with Crippen LogP contribution in [-0.2, 0) is 14.8 Å². The lowest BCUT2D eigenvalue weighted by atomic mass is 10.1. The van der Waals surface area contributed by atoms with Crippen LogP contribution in [-0.4, -0.2) is 41.6 Å². The number of anilines is 2. The molecule has 0 atom stereocenters. The highest BCUT2D eigenvalue weighted by molar-refractivity contribution is 7.92. The number of carbonyl (C=O) groups excluding carboxylic acids is 2.